The third-order valence-corrected chi connectivity index (χ3v) is 3.32. The Bertz CT molecular complexity index is 325. The highest BCUT2D eigenvalue weighted by atomic mass is 16.9. The van der Waals surface area contributed by atoms with Crippen molar-refractivity contribution in [1.29, 1.82) is 0 Å². The second kappa shape index (κ2) is 14.8. The summed E-state index contributed by atoms with van der Waals surface area (Å²) < 4.78 is 0. The van der Waals surface area contributed by atoms with Gasteiger partial charge in [-0.1, -0.05) is 64.7 Å². The molecule has 0 aliphatic heterocycles. The highest BCUT2D eigenvalue weighted by Gasteiger charge is 1.95. The Labute approximate surface area is 127 Å². The van der Waals surface area contributed by atoms with E-state index in [1.807, 2.05) is 12.4 Å². The number of aromatic amines is 1. The number of unbranched alkanes of at least 4 members (excludes halogenated alkanes) is 9. The molecule has 0 unspecified atom stereocenters. The predicted molar refractivity (Wildman–Crippen MR) is 82.9 cm³/mol. The van der Waals surface area contributed by atoms with Crippen LogP contribution < -0.4 is 0 Å². The molecule has 0 saturated carbocycles. The Hall–Kier alpha value is -1.59. The van der Waals surface area contributed by atoms with Gasteiger partial charge in [0, 0.05) is 18.8 Å². The van der Waals surface area contributed by atoms with Crippen molar-refractivity contribution >= 4 is 0 Å². The van der Waals surface area contributed by atoms with E-state index in [-0.39, 0.29) is 0 Å². The molecule has 1 rings (SSSR count). The van der Waals surface area contributed by atoms with E-state index >= 15 is 0 Å². The summed E-state index contributed by atoms with van der Waals surface area (Å²) in [4.78, 5) is 15.8. The van der Waals surface area contributed by atoms with Gasteiger partial charge in [-0.2, -0.15) is 0 Å². The Morgan fingerprint density at radius 2 is 1.57 bits per heavy atom. The van der Waals surface area contributed by atoms with Gasteiger partial charge in [-0.15, -0.1) is 10.1 Å². The van der Waals surface area contributed by atoms with Gasteiger partial charge in [-0.3, -0.25) is 0 Å². The first-order chi connectivity index (χ1) is 10.2. The maximum atomic E-state index is 8.36. The lowest BCUT2D eigenvalue weighted by atomic mass is 10.1. The molecule has 0 fully saturated rings. The van der Waals surface area contributed by atoms with Gasteiger partial charge in [-0.25, -0.2) is 4.98 Å². The third-order valence-electron chi connectivity index (χ3n) is 3.32. The van der Waals surface area contributed by atoms with Crippen LogP contribution in [0.15, 0.2) is 12.4 Å². The number of imidazole rings is 1. The lowest BCUT2D eigenvalue weighted by molar-refractivity contribution is -0.742. The summed E-state index contributed by atoms with van der Waals surface area (Å²) in [5.41, 5.74) is 0. The van der Waals surface area contributed by atoms with Crippen LogP contribution in [0.1, 0.15) is 77.0 Å². The Morgan fingerprint density at radius 1 is 1.10 bits per heavy atom. The number of nitrogens with zero attached hydrogens (tertiary/aromatic N) is 2. The van der Waals surface area contributed by atoms with Crippen molar-refractivity contribution in [3.8, 4) is 0 Å². The van der Waals surface area contributed by atoms with Crippen molar-refractivity contribution in [1.82, 2.24) is 9.97 Å². The number of hydrogen-bond acceptors (Lipinski definition) is 3. The van der Waals surface area contributed by atoms with Crippen LogP contribution in [0.3, 0.4) is 0 Å². The number of hydrogen-bond donors (Lipinski definition) is 2. The molecule has 0 atom stereocenters. The molecule has 0 aliphatic rings. The molecule has 0 amide bonds. The normalized spacial score (nSPS) is 9.95. The van der Waals surface area contributed by atoms with Gasteiger partial charge in [0.15, 0.2) is 0 Å². The SMILES string of the molecule is CCCCCCCCCCCCc1ncc[nH]1.O=[N+]([O-])O. The fraction of sp³-hybridized carbons (Fsp3) is 0.800. The lowest BCUT2D eigenvalue weighted by Crippen LogP contribution is -1.88. The number of rotatable bonds is 11. The summed E-state index contributed by atoms with van der Waals surface area (Å²) in [7, 11) is 0. The molecule has 0 radical (unpaired) electrons. The van der Waals surface area contributed by atoms with Gasteiger partial charge in [0.2, 0.25) is 0 Å². The van der Waals surface area contributed by atoms with E-state index in [0.29, 0.717) is 0 Å². The second-order valence-electron chi connectivity index (χ2n) is 5.21. The van der Waals surface area contributed by atoms with E-state index in [0.717, 1.165) is 12.2 Å². The highest BCUT2D eigenvalue weighted by Crippen LogP contribution is 2.11. The zero-order chi connectivity index (χ0) is 15.8. The van der Waals surface area contributed by atoms with E-state index in [2.05, 4.69) is 16.9 Å². The highest BCUT2D eigenvalue weighted by molar-refractivity contribution is 4.86. The molecule has 0 saturated heterocycles. The molecule has 1 aromatic heterocycles. The Kier molecular flexibility index (Phi) is 13.7. The van der Waals surface area contributed by atoms with E-state index in [4.69, 9.17) is 15.3 Å². The van der Waals surface area contributed by atoms with E-state index in [1.165, 1.54) is 64.2 Å². The van der Waals surface area contributed by atoms with Crippen molar-refractivity contribution in [2.75, 3.05) is 0 Å². The number of aromatic nitrogens is 2. The summed E-state index contributed by atoms with van der Waals surface area (Å²) in [5.74, 6) is 1.14. The first-order valence-corrected chi connectivity index (χ1v) is 7.98. The predicted octanol–water partition coefficient (Wildman–Crippen LogP) is 4.53. The Balaban J connectivity index is 0.000000885. The molecular formula is C15H29N3O3. The van der Waals surface area contributed by atoms with Crippen LogP contribution in [0, 0.1) is 10.1 Å². The minimum atomic E-state index is -1.50. The van der Waals surface area contributed by atoms with Crippen molar-refractivity contribution in [3.05, 3.63) is 28.3 Å². The summed E-state index contributed by atoms with van der Waals surface area (Å²) in [6.45, 7) is 2.28. The largest absolute Gasteiger partial charge is 0.349 e. The molecule has 0 spiro atoms. The molecule has 0 bridgehead atoms. The molecule has 1 heterocycles. The molecular weight excluding hydrogens is 270 g/mol. The van der Waals surface area contributed by atoms with Gasteiger partial charge in [-0.05, 0) is 6.42 Å². The van der Waals surface area contributed by atoms with Crippen molar-refractivity contribution in [2.45, 2.75) is 77.6 Å². The third kappa shape index (κ3) is 16.4. The summed E-state index contributed by atoms with van der Waals surface area (Å²) in [6.07, 6.45) is 18.9. The summed E-state index contributed by atoms with van der Waals surface area (Å²) in [6, 6.07) is 0. The molecule has 122 valence electrons. The monoisotopic (exact) mass is 299 g/mol. The first kappa shape index (κ1) is 19.4. The van der Waals surface area contributed by atoms with E-state index in [9.17, 15) is 0 Å². The van der Waals surface area contributed by atoms with Crippen LogP contribution in [-0.2, 0) is 6.42 Å². The van der Waals surface area contributed by atoms with Gasteiger partial charge in [0.25, 0.3) is 5.09 Å². The zero-order valence-corrected chi connectivity index (χ0v) is 13.1. The lowest BCUT2D eigenvalue weighted by Gasteiger charge is -2.01. The van der Waals surface area contributed by atoms with Crippen molar-refractivity contribution < 1.29 is 10.3 Å². The van der Waals surface area contributed by atoms with Crippen LogP contribution >= 0.6 is 0 Å². The minimum absolute atomic E-state index is 1.11. The average molecular weight is 299 g/mol. The fourth-order valence-corrected chi connectivity index (χ4v) is 2.21. The number of H-pyrrole nitrogens is 1. The standard InChI is InChI=1S/C15H28N2.HNO3/c1-2-3-4-5-6-7-8-9-10-11-12-15-16-13-14-17-15;2-1(3)4/h13-14H,2-12H2,1H3,(H,16,17);(H,2,3,4). The fourth-order valence-electron chi connectivity index (χ4n) is 2.21. The topological polar surface area (TPSA) is 92.0 Å². The van der Waals surface area contributed by atoms with Crippen molar-refractivity contribution in [3.63, 3.8) is 0 Å². The van der Waals surface area contributed by atoms with Gasteiger partial charge in [0.05, 0.1) is 0 Å². The molecule has 0 aromatic carbocycles. The first-order valence-electron chi connectivity index (χ1n) is 7.98. The maximum absolute atomic E-state index is 8.36. The number of nitrogens with one attached hydrogen (secondary N) is 1. The molecule has 6 nitrogen and oxygen atoms in total. The quantitative estimate of drug-likeness (QED) is 0.357. The summed E-state index contributed by atoms with van der Waals surface area (Å²) in [5, 5.41) is 13.6. The van der Waals surface area contributed by atoms with Crippen LogP contribution in [0.5, 0.6) is 0 Å². The Morgan fingerprint density at radius 3 is 2.00 bits per heavy atom. The van der Waals surface area contributed by atoms with Crippen LogP contribution in [0.4, 0.5) is 0 Å². The van der Waals surface area contributed by atoms with E-state index < -0.39 is 5.09 Å². The van der Waals surface area contributed by atoms with Crippen LogP contribution in [0.25, 0.3) is 0 Å². The van der Waals surface area contributed by atoms with E-state index in [1.54, 1.807) is 0 Å². The molecule has 1 aromatic rings. The second-order valence-corrected chi connectivity index (χ2v) is 5.21. The van der Waals surface area contributed by atoms with Gasteiger partial charge < -0.3 is 10.2 Å². The van der Waals surface area contributed by atoms with Gasteiger partial charge in [0.1, 0.15) is 5.82 Å². The number of aryl methyl sites for hydroxylation is 1. The molecule has 2 N–H and O–H groups in total. The van der Waals surface area contributed by atoms with Crippen LogP contribution in [0.2, 0.25) is 0 Å². The minimum Gasteiger partial charge on any atom is -0.349 e. The summed E-state index contributed by atoms with van der Waals surface area (Å²) >= 11 is 0. The molecule has 0 aliphatic carbocycles. The zero-order valence-electron chi connectivity index (χ0n) is 13.1. The maximum Gasteiger partial charge on any atom is 0.291 e. The van der Waals surface area contributed by atoms with Crippen LogP contribution in [-0.4, -0.2) is 20.3 Å². The molecule has 21 heavy (non-hydrogen) atoms. The van der Waals surface area contributed by atoms with Crippen molar-refractivity contribution in [2.24, 2.45) is 0 Å². The molecule has 6 heteroatoms. The smallest absolute Gasteiger partial charge is 0.291 e. The average Bonchev–Trinajstić information content (AvgIpc) is 2.93. The van der Waals surface area contributed by atoms with Gasteiger partial charge >= 0.3 is 0 Å².